The molecule has 1 saturated carbocycles. The second-order valence-corrected chi connectivity index (χ2v) is 11.4. The molecule has 6 nitrogen and oxygen atoms in total. The fourth-order valence-electron chi connectivity index (χ4n) is 7.50. The fraction of sp³-hybridized carbons (Fsp3) is 0.464. The quantitative estimate of drug-likeness (QED) is 0.569. The van der Waals surface area contributed by atoms with E-state index in [1.165, 1.54) is 0 Å². The van der Waals surface area contributed by atoms with Crippen molar-refractivity contribution in [2.24, 2.45) is 0 Å². The standard InChI is InChI=1S/C28H31BrN2O4/c1-3-13-31-14-12-27-24-18-8-9-21(32)25(24)35-26(27)20(10-11-28(27,34)22(31)15-18)30(2)23(33)16-17-6-4-5-7-19(17)29/h3-9,20,22,26,32,34H,1,10-16H2,2H3/t20-,22-,26+,27+,28-/m1/s1. The highest BCUT2D eigenvalue weighted by Crippen LogP contribution is 2.65. The minimum absolute atomic E-state index is 0.0178. The van der Waals surface area contributed by atoms with E-state index in [-0.39, 0.29) is 30.2 Å². The first-order valence-corrected chi connectivity index (χ1v) is 13.2. The number of halogens is 1. The molecule has 0 radical (unpaired) electrons. The number of phenols is 1. The predicted octanol–water partition coefficient (Wildman–Crippen LogP) is 3.56. The summed E-state index contributed by atoms with van der Waals surface area (Å²) in [7, 11) is 1.85. The summed E-state index contributed by atoms with van der Waals surface area (Å²) in [4.78, 5) is 17.6. The van der Waals surface area contributed by atoms with Crippen molar-refractivity contribution in [2.75, 3.05) is 20.1 Å². The van der Waals surface area contributed by atoms with Crippen LogP contribution in [0.25, 0.3) is 0 Å². The number of carbonyl (C=O) groups excluding carboxylic acids is 1. The summed E-state index contributed by atoms with van der Waals surface area (Å²) in [6, 6.07) is 11.2. The molecule has 1 saturated heterocycles. The van der Waals surface area contributed by atoms with Crippen LogP contribution in [0.1, 0.15) is 36.0 Å². The number of aliphatic hydroxyl groups is 1. The van der Waals surface area contributed by atoms with E-state index < -0.39 is 17.1 Å². The normalized spacial score (nSPS) is 32.5. The second kappa shape index (κ2) is 8.08. The Bertz CT molecular complexity index is 1220. The maximum atomic E-state index is 13.5. The first kappa shape index (κ1) is 23.1. The van der Waals surface area contributed by atoms with Gasteiger partial charge >= 0.3 is 0 Å². The Morgan fingerprint density at radius 1 is 1.31 bits per heavy atom. The lowest BCUT2D eigenvalue weighted by molar-refractivity contribution is -0.198. The lowest BCUT2D eigenvalue weighted by Gasteiger charge is -2.64. The number of likely N-dealkylation sites (N-methyl/N-ethyl adjacent to an activating group) is 1. The van der Waals surface area contributed by atoms with E-state index in [4.69, 9.17) is 4.74 Å². The number of carbonyl (C=O) groups is 1. The van der Waals surface area contributed by atoms with Crippen LogP contribution in [0.3, 0.4) is 0 Å². The molecular weight excluding hydrogens is 508 g/mol. The highest BCUT2D eigenvalue weighted by Gasteiger charge is 2.73. The molecule has 1 spiro atoms. The van der Waals surface area contributed by atoms with Gasteiger partial charge in [0.2, 0.25) is 5.91 Å². The molecule has 35 heavy (non-hydrogen) atoms. The average molecular weight is 539 g/mol. The Morgan fingerprint density at radius 2 is 2.11 bits per heavy atom. The van der Waals surface area contributed by atoms with Crippen molar-refractivity contribution in [1.82, 2.24) is 9.80 Å². The third kappa shape index (κ3) is 3.04. The number of rotatable bonds is 5. The van der Waals surface area contributed by atoms with E-state index in [9.17, 15) is 15.0 Å². The van der Waals surface area contributed by atoms with Crippen LogP contribution in [-0.2, 0) is 23.1 Å². The lowest BCUT2D eigenvalue weighted by atomic mass is 9.48. The first-order valence-electron chi connectivity index (χ1n) is 12.4. The largest absolute Gasteiger partial charge is 0.504 e. The molecule has 2 heterocycles. The van der Waals surface area contributed by atoms with Crippen LogP contribution in [0.2, 0.25) is 0 Å². The van der Waals surface area contributed by atoms with Crippen LogP contribution >= 0.6 is 15.9 Å². The number of phenolic OH excluding ortho intramolecular Hbond substituents is 1. The molecule has 2 aliphatic carbocycles. The van der Waals surface area contributed by atoms with Crippen molar-refractivity contribution in [3.05, 3.63) is 70.2 Å². The third-order valence-electron chi connectivity index (χ3n) is 9.10. The van der Waals surface area contributed by atoms with Crippen molar-refractivity contribution in [2.45, 2.75) is 61.3 Å². The van der Waals surface area contributed by atoms with E-state index in [1.807, 2.05) is 48.4 Å². The van der Waals surface area contributed by atoms with Gasteiger partial charge in [0.1, 0.15) is 6.10 Å². The molecule has 7 heteroatoms. The van der Waals surface area contributed by atoms with Crippen LogP contribution in [0.5, 0.6) is 11.5 Å². The topological polar surface area (TPSA) is 73.2 Å². The minimum atomic E-state index is -0.992. The molecule has 1 amide bonds. The Hall–Kier alpha value is -2.35. The summed E-state index contributed by atoms with van der Waals surface area (Å²) in [5.41, 5.74) is 1.40. The molecule has 2 bridgehead atoms. The molecule has 6 rings (SSSR count). The summed E-state index contributed by atoms with van der Waals surface area (Å²) in [6.45, 7) is 5.47. The number of hydrogen-bond donors (Lipinski definition) is 2. The van der Waals surface area contributed by atoms with Crippen LogP contribution in [0.15, 0.2) is 53.5 Å². The van der Waals surface area contributed by atoms with Crippen molar-refractivity contribution in [3.8, 4) is 11.5 Å². The summed E-state index contributed by atoms with van der Waals surface area (Å²) in [5, 5.41) is 23.2. The van der Waals surface area contributed by atoms with Crippen molar-refractivity contribution in [1.29, 1.82) is 0 Å². The number of piperidine rings is 1. The maximum Gasteiger partial charge on any atom is 0.227 e. The van der Waals surface area contributed by atoms with Gasteiger partial charge in [-0.05, 0) is 55.5 Å². The maximum absolute atomic E-state index is 13.5. The Balaban J connectivity index is 1.41. The predicted molar refractivity (Wildman–Crippen MR) is 137 cm³/mol. The molecule has 2 aromatic rings. The zero-order chi connectivity index (χ0) is 24.5. The Kier molecular flexibility index (Phi) is 5.33. The highest BCUT2D eigenvalue weighted by atomic mass is 79.9. The molecule has 0 aromatic heterocycles. The van der Waals surface area contributed by atoms with Gasteiger partial charge in [-0.2, -0.15) is 0 Å². The smallest absolute Gasteiger partial charge is 0.227 e. The lowest BCUT2D eigenvalue weighted by Crippen LogP contribution is -2.78. The molecule has 2 N–H and O–H groups in total. The number of nitrogens with zero attached hydrogens (tertiary/aromatic N) is 2. The van der Waals surface area contributed by atoms with Crippen molar-refractivity contribution in [3.63, 3.8) is 0 Å². The molecule has 5 atom stereocenters. The summed E-state index contributed by atoms with van der Waals surface area (Å²) in [5.74, 6) is 0.632. The van der Waals surface area contributed by atoms with Crippen molar-refractivity contribution < 1.29 is 19.7 Å². The third-order valence-corrected chi connectivity index (χ3v) is 9.87. The summed E-state index contributed by atoms with van der Waals surface area (Å²) in [6.07, 6.45) is 4.43. The zero-order valence-corrected chi connectivity index (χ0v) is 21.5. The van der Waals surface area contributed by atoms with Crippen LogP contribution < -0.4 is 4.74 Å². The van der Waals surface area contributed by atoms with E-state index in [1.54, 1.807) is 6.07 Å². The average Bonchev–Trinajstić information content (AvgIpc) is 3.19. The van der Waals surface area contributed by atoms with Gasteiger partial charge in [-0.25, -0.2) is 0 Å². The first-order chi connectivity index (χ1) is 16.8. The number of hydrogen-bond acceptors (Lipinski definition) is 5. The molecule has 184 valence electrons. The summed E-state index contributed by atoms with van der Waals surface area (Å²) >= 11 is 3.56. The zero-order valence-electron chi connectivity index (χ0n) is 19.9. The van der Waals surface area contributed by atoms with Crippen molar-refractivity contribution >= 4 is 21.8 Å². The van der Waals surface area contributed by atoms with Crippen LogP contribution in [0, 0.1) is 0 Å². The molecule has 2 fully saturated rings. The van der Waals surface area contributed by atoms with E-state index >= 15 is 0 Å². The van der Waals surface area contributed by atoms with E-state index in [2.05, 4.69) is 27.4 Å². The van der Waals surface area contributed by atoms with Gasteiger partial charge in [-0.15, -0.1) is 6.58 Å². The minimum Gasteiger partial charge on any atom is -0.504 e. The molecule has 2 aliphatic heterocycles. The monoisotopic (exact) mass is 538 g/mol. The van der Waals surface area contributed by atoms with Gasteiger partial charge in [-0.1, -0.05) is 46.3 Å². The van der Waals surface area contributed by atoms with E-state index in [0.717, 1.165) is 34.3 Å². The van der Waals surface area contributed by atoms with Gasteiger partial charge in [0.15, 0.2) is 11.5 Å². The number of ether oxygens (including phenoxy) is 1. The SMILES string of the molecule is C=CCN1CC[C@]23c4c5ccc(O)c4O[C@H]2[C@H](N(C)C(=O)Cc2ccccc2Br)CC[C@@]3(O)[C@H]1C5. The fourth-order valence-corrected chi connectivity index (χ4v) is 7.93. The molecule has 0 unspecified atom stereocenters. The Morgan fingerprint density at radius 3 is 2.89 bits per heavy atom. The number of benzene rings is 2. The van der Waals surface area contributed by atoms with Crippen LogP contribution in [-0.4, -0.2) is 69.8 Å². The second-order valence-electron chi connectivity index (χ2n) is 10.5. The van der Waals surface area contributed by atoms with Crippen LogP contribution in [0.4, 0.5) is 0 Å². The summed E-state index contributed by atoms with van der Waals surface area (Å²) < 4.78 is 7.49. The molecular formula is C28H31BrN2O4. The number of amides is 1. The van der Waals surface area contributed by atoms with Gasteiger partial charge in [0, 0.05) is 29.7 Å². The van der Waals surface area contributed by atoms with Gasteiger partial charge < -0.3 is 19.8 Å². The molecule has 2 aromatic carbocycles. The number of aromatic hydroxyl groups is 1. The highest BCUT2D eigenvalue weighted by molar-refractivity contribution is 9.10. The molecule has 4 aliphatic rings. The van der Waals surface area contributed by atoms with Gasteiger partial charge in [-0.3, -0.25) is 9.69 Å². The van der Waals surface area contributed by atoms with Gasteiger partial charge in [0.25, 0.3) is 0 Å². The van der Waals surface area contributed by atoms with E-state index in [0.29, 0.717) is 31.4 Å². The van der Waals surface area contributed by atoms with Gasteiger partial charge in [0.05, 0.1) is 23.5 Å². The number of likely N-dealkylation sites (tertiary alicyclic amines) is 1. The Labute approximate surface area is 214 Å².